The van der Waals surface area contributed by atoms with E-state index in [1.54, 1.807) is 6.20 Å². The van der Waals surface area contributed by atoms with Crippen molar-refractivity contribution in [2.45, 2.75) is 0 Å². The summed E-state index contributed by atoms with van der Waals surface area (Å²) in [7, 11) is 0. The molecular weight excluding hydrogens is 1170 g/mol. The Morgan fingerprint density at radius 3 is 0.852 bits per heavy atom. The Hall–Kier alpha value is -10.2. The van der Waals surface area contributed by atoms with Gasteiger partial charge in [0.1, 0.15) is 0 Å². The van der Waals surface area contributed by atoms with Gasteiger partial charge in [-0.25, -0.2) is 9.97 Å². The van der Waals surface area contributed by atoms with Crippen LogP contribution in [0.5, 0.6) is 0 Å². The Bertz CT molecular complexity index is 4250. The van der Waals surface area contributed by atoms with Gasteiger partial charge in [-0.15, -0.1) is 108 Å². The third-order valence-corrected chi connectivity index (χ3v) is 14.3. The summed E-state index contributed by atoms with van der Waals surface area (Å²) in [5.74, 6) is 1.38. The molecule has 0 saturated carbocycles. The molecule has 8 heteroatoms. The second-order valence-corrected chi connectivity index (χ2v) is 19.2. The van der Waals surface area contributed by atoms with Gasteiger partial charge in [-0.2, -0.15) is 0 Å². The van der Waals surface area contributed by atoms with Crippen molar-refractivity contribution < 1.29 is 20.1 Å². The van der Waals surface area contributed by atoms with Gasteiger partial charge in [0.15, 0.2) is 0 Å². The van der Waals surface area contributed by atoms with Crippen LogP contribution < -0.4 is 0 Å². The first-order valence-corrected chi connectivity index (χ1v) is 26.5. The first-order valence-electron chi connectivity index (χ1n) is 26.5. The fourth-order valence-electron chi connectivity index (χ4n) is 10.7. The monoisotopic (exact) mass is 1210 g/mol. The predicted molar refractivity (Wildman–Crippen MR) is 326 cm³/mol. The maximum absolute atomic E-state index is 5.22. The minimum Gasteiger partial charge on any atom is -0.305 e. The minimum atomic E-state index is 0. The van der Waals surface area contributed by atoms with Crippen molar-refractivity contribution in [3.05, 3.63) is 285 Å². The van der Waals surface area contributed by atoms with E-state index < -0.39 is 0 Å². The Balaban J connectivity index is 0.000000126. The second kappa shape index (κ2) is 22.2. The van der Waals surface area contributed by atoms with Crippen LogP contribution in [0.4, 0.5) is 0 Å². The zero-order valence-electron chi connectivity index (χ0n) is 43.4. The van der Waals surface area contributed by atoms with Crippen LogP contribution in [-0.2, 0) is 20.1 Å². The molecule has 16 rings (SSSR count). The van der Waals surface area contributed by atoms with Gasteiger partial charge in [-0.3, -0.25) is 19.9 Å². The van der Waals surface area contributed by atoms with E-state index in [0.29, 0.717) is 11.6 Å². The first-order chi connectivity index (χ1) is 39.7. The van der Waals surface area contributed by atoms with Crippen molar-refractivity contribution in [3.8, 4) is 79.1 Å². The van der Waals surface area contributed by atoms with E-state index in [0.717, 1.165) is 133 Å². The summed E-state index contributed by atoms with van der Waals surface area (Å²) in [5, 5.41) is 8.92. The molecule has 0 bridgehead atoms. The van der Waals surface area contributed by atoms with Crippen LogP contribution in [0.2, 0.25) is 0 Å². The number of nitrogens with zero attached hydrogens (tertiary/aromatic N) is 7. The number of aromatic nitrogens is 7. The summed E-state index contributed by atoms with van der Waals surface area (Å²) in [6.07, 6.45) is 1.79. The molecule has 0 N–H and O–H groups in total. The molecule has 5 heterocycles. The van der Waals surface area contributed by atoms with Gasteiger partial charge in [0.2, 0.25) is 0 Å². The van der Waals surface area contributed by atoms with Crippen molar-refractivity contribution in [2.24, 2.45) is 0 Å². The average Bonchev–Trinajstić information content (AvgIpc) is 3.63. The molecule has 1 radical (unpaired) electrons. The Morgan fingerprint density at radius 1 is 0.247 bits per heavy atom. The van der Waals surface area contributed by atoms with E-state index in [-0.39, 0.29) is 20.1 Å². The van der Waals surface area contributed by atoms with Crippen molar-refractivity contribution in [1.82, 2.24) is 34.9 Å². The van der Waals surface area contributed by atoms with E-state index in [9.17, 15) is 0 Å². The van der Waals surface area contributed by atoms with E-state index in [2.05, 4.69) is 169 Å². The fourth-order valence-corrected chi connectivity index (χ4v) is 10.7. The van der Waals surface area contributed by atoms with Gasteiger partial charge >= 0.3 is 0 Å². The molecule has 0 spiro atoms. The third kappa shape index (κ3) is 9.69. The molecule has 0 atom stereocenters. The van der Waals surface area contributed by atoms with Gasteiger partial charge in [0, 0.05) is 91.6 Å². The molecule has 7 nitrogen and oxygen atoms in total. The van der Waals surface area contributed by atoms with E-state index >= 15 is 0 Å². The molecule has 383 valence electrons. The van der Waals surface area contributed by atoms with Crippen LogP contribution in [0, 0.1) is 18.2 Å². The number of benzene rings is 11. The van der Waals surface area contributed by atoms with Crippen LogP contribution in [0.3, 0.4) is 0 Å². The van der Waals surface area contributed by atoms with Crippen LogP contribution >= 0.6 is 0 Å². The predicted octanol–water partition coefficient (Wildman–Crippen LogP) is 17.7. The Labute approximate surface area is 481 Å². The average molecular weight is 1210 g/mol. The van der Waals surface area contributed by atoms with Gasteiger partial charge in [0.05, 0.1) is 56.5 Å². The van der Waals surface area contributed by atoms with Gasteiger partial charge in [0.25, 0.3) is 0 Å². The van der Waals surface area contributed by atoms with Crippen LogP contribution in [0.1, 0.15) is 0 Å². The third-order valence-electron chi connectivity index (χ3n) is 14.3. The molecule has 81 heavy (non-hydrogen) atoms. The van der Waals surface area contributed by atoms with Crippen LogP contribution in [0.25, 0.3) is 144 Å². The van der Waals surface area contributed by atoms with Gasteiger partial charge < -0.3 is 4.98 Å². The van der Waals surface area contributed by atoms with E-state index in [1.807, 2.05) is 115 Å². The zero-order chi connectivity index (χ0) is 53.2. The molecule has 0 aliphatic rings. The standard InChI is InChI=1S/2C31H18N3.C11H8N.Ir/c2*1-4-10-20(11-5-1)29-23-16-18-25-28-26(33-31(32-25)22-14-8-3-9-15-22)19-17-24(27(23)28)30(34-29)21-12-6-2-7-13-21;1-2-6-10(7-3-1)11-8-4-5-9-12-11;/h2*1-14,16-19H;1-6,8-9H;/q3*-1;. The van der Waals surface area contributed by atoms with Crippen molar-refractivity contribution >= 4 is 65.2 Å². The topological polar surface area (TPSA) is 90.2 Å². The number of hydrogen-bond acceptors (Lipinski definition) is 7. The Morgan fingerprint density at radius 2 is 0.556 bits per heavy atom. The molecule has 11 aromatic carbocycles. The molecule has 0 amide bonds. The zero-order valence-corrected chi connectivity index (χ0v) is 45.8. The Kier molecular flexibility index (Phi) is 13.8. The maximum Gasteiger partial charge on any atom is 0.0788 e. The van der Waals surface area contributed by atoms with E-state index in [4.69, 9.17) is 29.9 Å². The summed E-state index contributed by atoms with van der Waals surface area (Å²) in [6.45, 7) is 0. The molecule has 0 saturated heterocycles. The van der Waals surface area contributed by atoms with Gasteiger partial charge in [-0.1, -0.05) is 158 Å². The normalized spacial score (nSPS) is 11.1. The van der Waals surface area contributed by atoms with Gasteiger partial charge in [-0.05, 0) is 36.0 Å². The summed E-state index contributed by atoms with van der Waals surface area (Å²) in [6, 6.07) is 97.5. The van der Waals surface area contributed by atoms with Crippen LogP contribution in [0.15, 0.2) is 267 Å². The summed E-state index contributed by atoms with van der Waals surface area (Å²) in [5.41, 5.74) is 15.8. The molecular formula is C73H44IrN7-3. The molecule has 0 aliphatic heterocycles. The number of rotatable bonds is 7. The summed E-state index contributed by atoms with van der Waals surface area (Å²) >= 11 is 0. The summed E-state index contributed by atoms with van der Waals surface area (Å²) in [4.78, 5) is 34.4. The second-order valence-electron chi connectivity index (χ2n) is 19.2. The molecule has 5 aromatic heterocycles. The molecule has 0 unspecified atom stereocenters. The quantitative estimate of drug-likeness (QED) is 0.116. The molecule has 16 aromatic rings. The first kappa shape index (κ1) is 50.3. The largest absolute Gasteiger partial charge is 0.305 e. The number of pyridine rings is 3. The van der Waals surface area contributed by atoms with E-state index in [1.165, 1.54) is 0 Å². The van der Waals surface area contributed by atoms with Crippen molar-refractivity contribution in [3.63, 3.8) is 0 Å². The van der Waals surface area contributed by atoms with Crippen molar-refractivity contribution in [1.29, 1.82) is 0 Å². The molecule has 0 aliphatic carbocycles. The summed E-state index contributed by atoms with van der Waals surface area (Å²) < 4.78 is 0. The fraction of sp³-hybridized carbons (Fsp3) is 0. The van der Waals surface area contributed by atoms with Crippen molar-refractivity contribution in [2.75, 3.05) is 0 Å². The molecule has 0 fully saturated rings. The SMILES string of the molecule is [Ir].[c-]1ccccc1-c1ccccn1.[c-]1ccccc1-c1nc2ccc3c(-c4ccccc4)nc(-c4ccccc4)c4ccc(n1)c2c34.[c-]1ccccc1-c1nc2ccc3c(-c4ccccc4)nc(-c4ccccc4)c4ccc(n1)c2c34. The smallest absolute Gasteiger partial charge is 0.0788 e. The van der Waals surface area contributed by atoms with Crippen LogP contribution in [-0.4, -0.2) is 34.9 Å². The maximum atomic E-state index is 5.22. The minimum absolute atomic E-state index is 0. The number of hydrogen-bond donors (Lipinski definition) is 0.